The van der Waals surface area contributed by atoms with Crippen molar-refractivity contribution in [2.45, 2.75) is 39.0 Å². The Hall–Kier alpha value is -2.69. The molecule has 2 aromatic rings. The van der Waals surface area contributed by atoms with E-state index in [0.29, 0.717) is 19.4 Å². The van der Waals surface area contributed by atoms with Crippen molar-refractivity contribution in [3.8, 4) is 0 Å². The molecule has 24 heavy (non-hydrogen) atoms. The molecule has 1 amide bonds. The lowest BCUT2D eigenvalue weighted by molar-refractivity contribution is -0.153. The molecule has 1 aliphatic heterocycles. The predicted octanol–water partition coefficient (Wildman–Crippen LogP) is 2.62. The van der Waals surface area contributed by atoms with E-state index in [-0.39, 0.29) is 18.5 Å². The number of benzene rings is 1. The number of amides is 1. The summed E-state index contributed by atoms with van der Waals surface area (Å²) in [5, 5.41) is 0. The maximum absolute atomic E-state index is 12.4. The Balaban J connectivity index is 1.63. The number of esters is 1. The molecule has 0 bridgehead atoms. The van der Waals surface area contributed by atoms with Gasteiger partial charge < -0.3 is 9.64 Å². The van der Waals surface area contributed by atoms with E-state index in [4.69, 9.17) is 4.74 Å². The topological polar surface area (TPSA) is 59.5 Å². The Kier molecular flexibility index (Phi) is 4.89. The molecule has 0 N–H and O–H groups in total. The third-order valence-electron chi connectivity index (χ3n) is 4.18. The first-order valence-corrected chi connectivity index (χ1v) is 8.04. The van der Waals surface area contributed by atoms with Crippen molar-refractivity contribution in [1.29, 1.82) is 0 Å². The first kappa shape index (κ1) is 16.2. The van der Waals surface area contributed by atoms with E-state index in [2.05, 4.69) is 4.98 Å². The van der Waals surface area contributed by atoms with Crippen LogP contribution >= 0.6 is 0 Å². The first-order valence-electron chi connectivity index (χ1n) is 8.04. The molecule has 2 heterocycles. The minimum Gasteiger partial charge on any atom is -0.459 e. The summed E-state index contributed by atoms with van der Waals surface area (Å²) in [7, 11) is 0. The number of carbonyl (C=O) groups excluding carboxylic acids is 2. The maximum Gasteiger partial charge on any atom is 0.329 e. The minimum absolute atomic E-state index is 0.00102. The zero-order valence-electron chi connectivity index (χ0n) is 13.6. The number of aromatic nitrogens is 1. The van der Waals surface area contributed by atoms with Crippen LogP contribution in [0.1, 0.15) is 29.5 Å². The van der Waals surface area contributed by atoms with Crippen molar-refractivity contribution in [1.82, 2.24) is 9.88 Å². The Morgan fingerprint density at radius 1 is 1.25 bits per heavy atom. The molecule has 0 saturated carbocycles. The predicted molar refractivity (Wildman–Crippen MR) is 88.8 cm³/mol. The number of ether oxygens (including phenoxy) is 1. The second-order valence-corrected chi connectivity index (χ2v) is 6.03. The molecule has 3 rings (SSSR count). The van der Waals surface area contributed by atoms with Gasteiger partial charge in [-0.2, -0.15) is 0 Å². The number of carbonyl (C=O) groups is 2. The lowest BCUT2D eigenvalue weighted by atomic mass is 10.1. The standard InChI is InChI=1S/C19H20N2O3/c1-14-4-6-15(7-5-14)12-21-17(8-9-18(21)22)19(23)24-13-16-3-2-10-20-11-16/h2-7,10-11,17H,8-9,12-13H2,1H3/t17-/m1/s1. The van der Waals surface area contributed by atoms with Crippen LogP contribution in [0.25, 0.3) is 0 Å². The Labute approximate surface area is 141 Å². The van der Waals surface area contributed by atoms with Crippen LogP contribution < -0.4 is 0 Å². The second-order valence-electron chi connectivity index (χ2n) is 6.03. The summed E-state index contributed by atoms with van der Waals surface area (Å²) in [5.41, 5.74) is 3.01. The van der Waals surface area contributed by atoms with Gasteiger partial charge in [0.25, 0.3) is 0 Å². The van der Waals surface area contributed by atoms with Crippen LogP contribution in [-0.4, -0.2) is 27.8 Å². The number of hydrogen-bond acceptors (Lipinski definition) is 4. The van der Waals surface area contributed by atoms with E-state index in [1.54, 1.807) is 23.4 Å². The van der Waals surface area contributed by atoms with E-state index >= 15 is 0 Å². The monoisotopic (exact) mass is 324 g/mol. The highest BCUT2D eigenvalue weighted by Crippen LogP contribution is 2.23. The molecule has 0 spiro atoms. The Bertz CT molecular complexity index is 713. The van der Waals surface area contributed by atoms with Crippen molar-refractivity contribution in [3.05, 3.63) is 65.5 Å². The van der Waals surface area contributed by atoms with Crippen LogP contribution in [0.2, 0.25) is 0 Å². The summed E-state index contributed by atoms with van der Waals surface area (Å²) in [6, 6.07) is 11.1. The summed E-state index contributed by atoms with van der Waals surface area (Å²) in [4.78, 5) is 30.1. The molecule has 1 aliphatic rings. The van der Waals surface area contributed by atoms with E-state index in [1.165, 1.54) is 5.56 Å². The number of nitrogens with zero attached hydrogens (tertiary/aromatic N) is 2. The average molecular weight is 324 g/mol. The van der Waals surface area contributed by atoms with Crippen molar-refractivity contribution in [2.75, 3.05) is 0 Å². The summed E-state index contributed by atoms with van der Waals surface area (Å²) in [6.07, 6.45) is 4.23. The zero-order valence-corrected chi connectivity index (χ0v) is 13.6. The van der Waals surface area contributed by atoms with Crippen LogP contribution in [0.5, 0.6) is 0 Å². The van der Waals surface area contributed by atoms with Gasteiger partial charge in [0.1, 0.15) is 12.6 Å². The third-order valence-corrected chi connectivity index (χ3v) is 4.18. The van der Waals surface area contributed by atoms with Gasteiger partial charge in [-0.3, -0.25) is 9.78 Å². The highest BCUT2D eigenvalue weighted by atomic mass is 16.5. The normalized spacial score (nSPS) is 17.1. The van der Waals surface area contributed by atoms with E-state index in [9.17, 15) is 9.59 Å². The van der Waals surface area contributed by atoms with E-state index in [1.807, 2.05) is 37.3 Å². The van der Waals surface area contributed by atoms with Crippen LogP contribution in [0.3, 0.4) is 0 Å². The van der Waals surface area contributed by atoms with Crippen molar-refractivity contribution < 1.29 is 14.3 Å². The van der Waals surface area contributed by atoms with Crippen LogP contribution in [0.4, 0.5) is 0 Å². The highest BCUT2D eigenvalue weighted by Gasteiger charge is 2.37. The fourth-order valence-electron chi connectivity index (χ4n) is 2.80. The number of hydrogen-bond donors (Lipinski definition) is 0. The van der Waals surface area contributed by atoms with Crippen molar-refractivity contribution >= 4 is 11.9 Å². The zero-order chi connectivity index (χ0) is 16.9. The van der Waals surface area contributed by atoms with Gasteiger partial charge in [-0.1, -0.05) is 35.9 Å². The quantitative estimate of drug-likeness (QED) is 0.793. The van der Waals surface area contributed by atoms with Gasteiger partial charge in [0.15, 0.2) is 0 Å². The lowest BCUT2D eigenvalue weighted by Gasteiger charge is -2.23. The Morgan fingerprint density at radius 3 is 2.75 bits per heavy atom. The summed E-state index contributed by atoms with van der Waals surface area (Å²) in [5.74, 6) is -0.351. The molecular formula is C19H20N2O3. The minimum atomic E-state index is -0.504. The fraction of sp³-hybridized carbons (Fsp3) is 0.316. The van der Waals surface area contributed by atoms with Gasteiger partial charge in [-0.05, 0) is 25.0 Å². The molecule has 1 aromatic heterocycles. The number of likely N-dealkylation sites (tertiary alicyclic amines) is 1. The number of rotatable bonds is 5. The lowest BCUT2D eigenvalue weighted by Crippen LogP contribution is -2.39. The van der Waals surface area contributed by atoms with Gasteiger partial charge in [0.2, 0.25) is 5.91 Å². The third kappa shape index (κ3) is 3.79. The molecule has 0 radical (unpaired) electrons. The first-order chi connectivity index (χ1) is 11.6. The molecule has 0 aliphatic carbocycles. The molecule has 1 fully saturated rings. The van der Waals surface area contributed by atoms with Gasteiger partial charge in [-0.15, -0.1) is 0 Å². The maximum atomic E-state index is 12.4. The van der Waals surface area contributed by atoms with Gasteiger partial charge in [0.05, 0.1) is 0 Å². The second kappa shape index (κ2) is 7.25. The molecule has 1 saturated heterocycles. The van der Waals surface area contributed by atoms with E-state index < -0.39 is 6.04 Å². The molecular weight excluding hydrogens is 304 g/mol. The van der Waals surface area contributed by atoms with Crippen molar-refractivity contribution in [2.24, 2.45) is 0 Å². The smallest absolute Gasteiger partial charge is 0.329 e. The van der Waals surface area contributed by atoms with Crippen molar-refractivity contribution in [3.63, 3.8) is 0 Å². The molecule has 124 valence electrons. The number of pyridine rings is 1. The SMILES string of the molecule is Cc1ccc(CN2C(=O)CC[C@@H]2C(=O)OCc2cccnc2)cc1. The average Bonchev–Trinajstić information content (AvgIpc) is 2.96. The summed E-state index contributed by atoms with van der Waals surface area (Å²) in [6.45, 7) is 2.63. The van der Waals surface area contributed by atoms with Gasteiger partial charge in [-0.25, -0.2) is 4.79 Å². The summed E-state index contributed by atoms with van der Waals surface area (Å²) >= 11 is 0. The Morgan fingerprint density at radius 2 is 2.04 bits per heavy atom. The fourth-order valence-corrected chi connectivity index (χ4v) is 2.80. The van der Waals surface area contributed by atoms with Crippen LogP contribution in [0, 0.1) is 6.92 Å². The van der Waals surface area contributed by atoms with Gasteiger partial charge >= 0.3 is 5.97 Å². The largest absolute Gasteiger partial charge is 0.459 e. The molecule has 1 atom stereocenters. The number of aryl methyl sites for hydroxylation is 1. The molecule has 0 unspecified atom stereocenters. The van der Waals surface area contributed by atoms with Crippen LogP contribution in [-0.2, 0) is 27.5 Å². The molecule has 1 aromatic carbocycles. The summed E-state index contributed by atoms with van der Waals surface area (Å²) < 4.78 is 5.37. The molecule has 5 heteroatoms. The van der Waals surface area contributed by atoms with E-state index in [0.717, 1.165) is 11.1 Å². The van der Waals surface area contributed by atoms with Crippen LogP contribution in [0.15, 0.2) is 48.8 Å². The highest BCUT2D eigenvalue weighted by molar-refractivity contribution is 5.88. The molecule has 5 nitrogen and oxygen atoms in total. The van der Waals surface area contributed by atoms with Gasteiger partial charge in [0, 0.05) is 30.9 Å².